The van der Waals surface area contributed by atoms with E-state index < -0.39 is 0 Å². The fourth-order valence-corrected chi connectivity index (χ4v) is 2.45. The van der Waals surface area contributed by atoms with Crippen molar-refractivity contribution in [3.8, 4) is 0 Å². The lowest BCUT2D eigenvalue weighted by atomic mass is 9.98. The van der Waals surface area contributed by atoms with Crippen molar-refractivity contribution < 1.29 is 0 Å². The molecule has 1 radical (unpaired) electrons. The summed E-state index contributed by atoms with van der Waals surface area (Å²) < 4.78 is 0. The maximum absolute atomic E-state index is 4.67. The van der Waals surface area contributed by atoms with Gasteiger partial charge in [0.1, 0.15) is 0 Å². The molecule has 1 atom stereocenters. The van der Waals surface area contributed by atoms with Crippen molar-refractivity contribution in [2.24, 2.45) is 0 Å². The second-order valence-electron chi connectivity index (χ2n) is 4.79. The minimum absolute atomic E-state index is 0.685. The Bertz CT molecular complexity index is 275. The van der Waals surface area contributed by atoms with E-state index in [4.69, 9.17) is 0 Å². The molecule has 0 aromatic heterocycles. The topological polar surface area (TPSA) is 14.1 Å². The second kappa shape index (κ2) is 6.70. The lowest BCUT2D eigenvalue weighted by Gasteiger charge is -2.21. The molecule has 0 bridgehead atoms. The fraction of sp³-hybridized carbons (Fsp3) is 0.600. The molecule has 1 saturated heterocycles. The molecule has 0 saturated carbocycles. The zero-order valence-electron chi connectivity index (χ0n) is 10.1. The molecule has 16 heavy (non-hydrogen) atoms. The Kier molecular flexibility index (Phi) is 4.88. The summed E-state index contributed by atoms with van der Waals surface area (Å²) in [5.74, 6) is 0. The van der Waals surface area contributed by atoms with E-state index in [1.54, 1.807) is 0 Å². The summed E-state index contributed by atoms with van der Waals surface area (Å²) in [7, 11) is 0. The predicted octanol–water partition coefficient (Wildman–Crippen LogP) is 3.56. The van der Waals surface area contributed by atoms with Gasteiger partial charge in [0, 0.05) is 12.6 Å². The molecule has 87 valence electrons. The van der Waals surface area contributed by atoms with E-state index in [0.717, 1.165) is 6.54 Å². The van der Waals surface area contributed by atoms with Crippen LogP contribution in [0.5, 0.6) is 0 Å². The minimum Gasteiger partial charge on any atom is -0.238 e. The van der Waals surface area contributed by atoms with Gasteiger partial charge in [-0.05, 0) is 37.7 Å². The molecule has 1 heterocycles. The van der Waals surface area contributed by atoms with Gasteiger partial charge < -0.3 is 0 Å². The van der Waals surface area contributed by atoms with Crippen LogP contribution >= 0.6 is 0 Å². The summed E-state index contributed by atoms with van der Waals surface area (Å²) in [6.07, 6.45) is 9.25. The van der Waals surface area contributed by atoms with Gasteiger partial charge in [0.25, 0.3) is 0 Å². The number of rotatable bonds is 5. The third-order valence-electron chi connectivity index (χ3n) is 3.43. The molecule has 0 aliphatic carbocycles. The quantitative estimate of drug-likeness (QED) is 0.668. The van der Waals surface area contributed by atoms with Crippen LogP contribution in [0.25, 0.3) is 0 Å². The van der Waals surface area contributed by atoms with Crippen LogP contribution in [0.1, 0.15) is 44.1 Å². The summed E-state index contributed by atoms with van der Waals surface area (Å²) in [6.45, 7) is 1.11. The van der Waals surface area contributed by atoms with Gasteiger partial charge in [-0.25, -0.2) is 5.32 Å². The maximum Gasteiger partial charge on any atom is 0.0246 e. The van der Waals surface area contributed by atoms with Gasteiger partial charge >= 0.3 is 0 Å². The van der Waals surface area contributed by atoms with Gasteiger partial charge in [-0.15, -0.1) is 0 Å². The van der Waals surface area contributed by atoms with Gasteiger partial charge in [0.15, 0.2) is 0 Å². The molecule has 0 spiro atoms. The molecule has 2 rings (SSSR count). The average molecular weight is 216 g/mol. The zero-order chi connectivity index (χ0) is 11.1. The van der Waals surface area contributed by atoms with Gasteiger partial charge in [-0.1, -0.05) is 43.2 Å². The highest BCUT2D eigenvalue weighted by Gasteiger charge is 2.12. The van der Waals surface area contributed by atoms with Crippen LogP contribution in [0.15, 0.2) is 30.3 Å². The first-order chi connectivity index (χ1) is 7.95. The maximum atomic E-state index is 4.67. The van der Waals surface area contributed by atoms with E-state index in [0.29, 0.717) is 6.04 Å². The number of benzene rings is 1. The van der Waals surface area contributed by atoms with Crippen molar-refractivity contribution >= 4 is 0 Å². The molecule has 1 aromatic carbocycles. The molecule has 0 N–H and O–H groups in total. The van der Waals surface area contributed by atoms with Crippen LogP contribution in [0.4, 0.5) is 0 Å². The summed E-state index contributed by atoms with van der Waals surface area (Å²) in [5, 5.41) is 4.67. The Balaban J connectivity index is 1.58. The summed E-state index contributed by atoms with van der Waals surface area (Å²) in [4.78, 5) is 0. The number of unbranched alkanes of at least 4 members (excludes halogenated alkanes) is 1. The van der Waals surface area contributed by atoms with Crippen molar-refractivity contribution in [2.75, 3.05) is 6.54 Å². The number of piperidine rings is 1. The Morgan fingerprint density at radius 3 is 2.69 bits per heavy atom. The van der Waals surface area contributed by atoms with Crippen molar-refractivity contribution in [3.63, 3.8) is 0 Å². The molecule has 1 aliphatic heterocycles. The van der Waals surface area contributed by atoms with E-state index in [9.17, 15) is 0 Å². The molecule has 1 nitrogen and oxygen atoms in total. The monoisotopic (exact) mass is 216 g/mol. The third kappa shape index (κ3) is 3.97. The Labute approximate surface area is 99.3 Å². The smallest absolute Gasteiger partial charge is 0.0246 e. The lowest BCUT2D eigenvalue weighted by molar-refractivity contribution is 0.365. The first-order valence-corrected chi connectivity index (χ1v) is 6.66. The molecule has 1 aromatic rings. The number of nitrogens with zero attached hydrogens (tertiary/aromatic N) is 1. The van der Waals surface area contributed by atoms with E-state index in [1.807, 2.05) is 0 Å². The highest BCUT2D eigenvalue weighted by Crippen LogP contribution is 2.15. The molecule has 1 heteroatoms. The number of hydrogen-bond donors (Lipinski definition) is 0. The van der Waals surface area contributed by atoms with Crippen molar-refractivity contribution in [3.05, 3.63) is 35.9 Å². The highest BCUT2D eigenvalue weighted by molar-refractivity contribution is 5.14. The highest BCUT2D eigenvalue weighted by atomic mass is 14.9. The van der Waals surface area contributed by atoms with Crippen LogP contribution in [-0.4, -0.2) is 12.6 Å². The van der Waals surface area contributed by atoms with Crippen LogP contribution in [-0.2, 0) is 6.42 Å². The second-order valence-corrected chi connectivity index (χ2v) is 4.79. The zero-order valence-corrected chi connectivity index (χ0v) is 10.1. The molecular weight excluding hydrogens is 194 g/mol. The lowest BCUT2D eigenvalue weighted by Crippen LogP contribution is -2.27. The van der Waals surface area contributed by atoms with Gasteiger partial charge in [0.05, 0.1) is 0 Å². The molecule has 1 fully saturated rings. The van der Waals surface area contributed by atoms with E-state index in [2.05, 4.69) is 35.6 Å². The SMILES string of the molecule is c1ccc(CCCCC2CCCC[N]2)cc1. The predicted molar refractivity (Wildman–Crippen MR) is 68.6 cm³/mol. The number of aryl methyl sites for hydroxylation is 1. The van der Waals surface area contributed by atoms with Crippen LogP contribution < -0.4 is 5.32 Å². The van der Waals surface area contributed by atoms with Crippen LogP contribution in [0, 0.1) is 0 Å². The summed E-state index contributed by atoms with van der Waals surface area (Å²) in [6, 6.07) is 11.5. The molecular formula is C15H22N. The molecule has 0 amide bonds. The van der Waals surface area contributed by atoms with Crippen LogP contribution in [0.3, 0.4) is 0 Å². The van der Waals surface area contributed by atoms with Crippen LogP contribution in [0.2, 0.25) is 0 Å². The third-order valence-corrected chi connectivity index (χ3v) is 3.43. The van der Waals surface area contributed by atoms with Gasteiger partial charge in [0.2, 0.25) is 0 Å². The molecule has 1 aliphatic rings. The standard InChI is InChI=1S/C15H22N/c1-2-8-14(9-3-1)10-4-5-11-15-12-6-7-13-16-15/h1-3,8-9,15H,4-7,10-13H2. The fourth-order valence-electron chi connectivity index (χ4n) is 2.45. The first kappa shape index (κ1) is 11.7. The largest absolute Gasteiger partial charge is 0.238 e. The average Bonchev–Trinajstić information content (AvgIpc) is 2.37. The normalized spacial score (nSPS) is 20.9. The van der Waals surface area contributed by atoms with E-state index >= 15 is 0 Å². The van der Waals surface area contributed by atoms with E-state index in [-0.39, 0.29) is 0 Å². The summed E-state index contributed by atoms with van der Waals surface area (Å²) in [5.41, 5.74) is 1.48. The Morgan fingerprint density at radius 1 is 1.06 bits per heavy atom. The molecule has 1 unspecified atom stereocenters. The van der Waals surface area contributed by atoms with Crippen molar-refractivity contribution in [2.45, 2.75) is 51.0 Å². The van der Waals surface area contributed by atoms with Gasteiger partial charge in [-0.3, -0.25) is 0 Å². The Hall–Kier alpha value is -0.820. The number of hydrogen-bond acceptors (Lipinski definition) is 0. The Morgan fingerprint density at radius 2 is 1.94 bits per heavy atom. The van der Waals surface area contributed by atoms with Gasteiger partial charge in [-0.2, -0.15) is 0 Å². The van der Waals surface area contributed by atoms with Crippen molar-refractivity contribution in [1.29, 1.82) is 0 Å². The van der Waals surface area contributed by atoms with Crippen molar-refractivity contribution in [1.82, 2.24) is 5.32 Å². The first-order valence-electron chi connectivity index (χ1n) is 6.66. The minimum atomic E-state index is 0.685. The summed E-state index contributed by atoms with van der Waals surface area (Å²) >= 11 is 0. The van der Waals surface area contributed by atoms with E-state index in [1.165, 1.54) is 50.5 Å².